The van der Waals surface area contributed by atoms with E-state index in [4.69, 9.17) is 0 Å². The van der Waals surface area contributed by atoms with Gasteiger partial charge in [-0.15, -0.1) is 6.58 Å². The second kappa shape index (κ2) is 5.85. The van der Waals surface area contributed by atoms with E-state index in [2.05, 4.69) is 27.4 Å². The van der Waals surface area contributed by atoms with E-state index in [9.17, 15) is 4.79 Å². The van der Waals surface area contributed by atoms with E-state index in [0.717, 1.165) is 5.56 Å². The van der Waals surface area contributed by atoms with Gasteiger partial charge in [0.15, 0.2) is 0 Å². The monoisotopic (exact) mass is 245 g/mol. The number of amides is 1. The number of carbonyl (C=O) groups is 1. The molecular formula is C16H23NO. The van der Waals surface area contributed by atoms with Gasteiger partial charge in [0.05, 0.1) is 6.04 Å². The van der Waals surface area contributed by atoms with Crippen molar-refractivity contribution in [1.29, 1.82) is 0 Å². The summed E-state index contributed by atoms with van der Waals surface area (Å²) in [5.41, 5.74) is 1.13. The van der Waals surface area contributed by atoms with Gasteiger partial charge in [0, 0.05) is 13.5 Å². The van der Waals surface area contributed by atoms with E-state index in [1.54, 1.807) is 6.92 Å². The van der Waals surface area contributed by atoms with Crippen LogP contribution in [0, 0.1) is 5.41 Å². The summed E-state index contributed by atoms with van der Waals surface area (Å²) in [5.74, 6) is 0.0821. The fraction of sp³-hybridized carbons (Fsp3) is 0.438. The van der Waals surface area contributed by atoms with Crippen molar-refractivity contribution in [2.45, 2.75) is 40.3 Å². The average Bonchev–Trinajstić information content (AvgIpc) is 2.28. The van der Waals surface area contributed by atoms with Crippen LogP contribution in [0.15, 0.2) is 43.0 Å². The van der Waals surface area contributed by atoms with E-state index in [0.29, 0.717) is 6.54 Å². The largest absolute Gasteiger partial charge is 0.332 e. The molecule has 2 nitrogen and oxygen atoms in total. The van der Waals surface area contributed by atoms with E-state index in [-0.39, 0.29) is 17.4 Å². The van der Waals surface area contributed by atoms with Gasteiger partial charge in [0.2, 0.25) is 5.91 Å². The van der Waals surface area contributed by atoms with Gasteiger partial charge < -0.3 is 4.90 Å². The average molecular weight is 245 g/mol. The van der Waals surface area contributed by atoms with Gasteiger partial charge in [-0.1, -0.05) is 57.2 Å². The Kier molecular flexibility index (Phi) is 4.71. The number of nitrogens with zero attached hydrogens (tertiary/aromatic N) is 1. The molecule has 0 spiro atoms. The van der Waals surface area contributed by atoms with Crippen LogP contribution >= 0.6 is 0 Å². The van der Waals surface area contributed by atoms with Gasteiger partial charge >= 0.3 is 0 Å². The molecule has 1 aromatic rings. The van der Waals surface area contributed by atoms with Crippen LogP contribution in [-0.2, 0) is 11.3 Å². The van der Waals surface area contributed by atoms with Crippen LogP contribution in [0.2, 0.25) is 0 Å². The van der Waals surface area contributed by atoms with Crippen LogP contribution in [-0.4, -0.2) is 16.8 Å². The van der Waals surface area contributed by atoms with Crippen molar-refractivity contribution in [3.63, 3.8) is 0 Å². The quantitative estimate of drug-likeness (QED) is 0.742. The fourth-order valence-corrected chi connectivity index (χ4v) is 2.13. The molecule has 0 bridgehead atoms. The van der Waals surface area contributed by atoms with E-state index in [1.165, 1.54) is 0 Å². The minimum atomic E-state index is -0.0117. The molecule has 1 amide bonds. The van der Waals surface area contributed by atoms with Crippen molar-refractivity contribution in [3.05, 3.63) is 48.6 Å². The van der Waals surface area contributed by atoms with Crippen LogP contribution < -0.4 is 0 Å². The van der Waals surface area contributed by atoms with Crippen LogP contribution in [0.5, 0.6) is 0 Å². The first-order valence-corrected chi connectivity index (χ1v) is 6.30. The maximum absolute atomic E-state index is 11.9. The maximum atomic E-state index is 11.9. The third kappa shape index (κ3) is 3.73. The summed E-state index contributed by atoms with van der Waals surface area (Å²) in [6, 6.07) is 10.1. The predicted octanol–water partition coefficient (Wildman–Crippen LogP) is 3.64. The summed E-state index contributed by atoms with van der Waals surface area (Å²) in [6.07, 6.45) is 1.87. The summed E-state index contributed by atoms with van der Waals surface area (Å²) >= 11 is 0. The molecule has 0 aromatic heterocycles. The van der Waals surface area contributed by atoms with E-state index < -0.39 is 0 Å². The van der Waals surface area contributed by atoms with E-state index in [1.807, 2.05) is 41.3 Å². The lowest BCUT2D eigenvalue weighted by molar-refractivity contribution is -0.132. The van der Waals surface area contributed by atoms with Crippen LogP contribution in [0.3, 0.4) is 0 Å². The smallest absolute Gasteiger partial charge is 0.220 e. The maximum Gasteiger partial charge on any atom is 0.220 e. The number of carbonyl (C=O) groups excluding carboxylic acids is 1. The zero-order valence-corrected chi connectivity index (χ0v) is 11.8. The normalized spacial score (nSPS) is 12.9. The highest BCUT2D eigenvalue weighted by atomic mass is 16.2. The summed E-state index contributed by atoms with van der Waals surface area (Å²) in [6.45, 7) is 12.5. The molecule has 0 saturated heterocycles. The number of benzene rings is 1. The first kappa shape index (κ1) is 14.5. The molecule has 18 heavy (non-hydrogen) atoms. The Morgan fingerprint density at radius 2 is 1.89 bits per heavy atom. The van der Waals surface area contributed by atoms with Gasteiger partial charge in [0.1, 0.15) is 0 Å². The number of hydrogen-bond donors (Lipinski definition) is 0. The molecule has 1 unspecified atom stereocenters. The van der Waals surface area contributed by atoms with Gasteiger partial charge in [0.25, 0.3) is 0 Å². The van der Waals surface area contributed by atoms with Crippen molar-refractivity contribution >= 4 is 5.91 Å². The fourth-order valence-electron chi connectivity index (χ4n) is 2.13. The zero-order chi connectivity index (χ0) is 13.8. The Hall–Kier alpha value is -1.57. The molecule has 0 aliphatic rings. The minimum Gasteiger partial charge on any atom is -0.332 e. The minimum absolute atomic E-state index is 0.0117. The first-order valence-electron chi connectivity index (χ1n) is 6.30. The third-order valence-electron chi connectivity index (χ3n) is 3.05. The Bertz CT molecular complexity index is 403. The number of rotatable bonds is 4. The highest BCUT2D eigenvalue weighted by Gasteiger charge is 2.29. The van der Waals surface area contributed by atoms with Crippen molar-refractivity contribution in [2.24, 2.45) is 5.41 Å². The molecule has 0 aliphatic carbocycles. The standard InChI is InChI=1S/C16H23NO/c1-6-15(16(3,4)5)17(13(2)18)12-14-10-8-7-9-11-14/h6-11,15H,1,12H2,2-5H3. The molecule has 0 radical (unpaired) electrons. The molecule has 0 saturated carbocycles. The van der Waals surface area contributed by atoms with E-state index >= 15 is 0 Å². The Morgan fingerprint density at radius 1 is 1.33 bits per heavy atom. The van der Waals surface area contributed by atoms with Gasteiger partial charge in [-0.25, -0.2) is 0 Å². The molecule has 0 N–H and O–H groups in total. The van der Waals surface area contributed by atoms with Crippen molar-refractivity contribution in [3.8, 4) is 0 Å². The molecule has 1 atom stereocenters. The molecule has 2 heteroatoms. The highest BCUT2D eigenvalue weighted by molar-refractivity contribution is 5.74. The van der Waals surface area contributed by atoms with Gasteiger partial charge in [-0.2, -0.15) is 0 Å². The van der Waals surface area contributed by atoms with Gasteiger partial charge in [-0.05, 0) is 11.0 Å². The predicted molar refractivity (Wildman–Crippen MR) is 76.1 cm³/mol. The Balaban J connectivity index is 2.96. The Morgan fingerprint density at radius 3 is 2.28 bits per heavy atom. The first-order chi connectivity index (χ1) is 8.36. The van der Waals surface area contributed by atoms with Crippen molar-refractivity contribution in [1.82, 2.24) is 4.90 Å². The highest BCUT2D eigenvalue weighted by Crippen LogP contribution is 2.26. The van der Waals surface area contributed by atoms with Crippen molar-refractivity contribution < 1.29 is 4.79 Å². The molecule has 0 heterocycles. The Labute approximate surface area is 110 Å². The lowest BCUT2D eigenvalue weighted by Crippen LogP contribution is -2.44. The summed E-state index contributed by atoms with van der Waals surface area (Å²) in [5, 5.41) is 0. The molecule has 0 aliphatic heterocycles. The number of hydrogen-bond acceptors (Lipinski definition) is 1. The molecule has 1 rings (SSSR count). The van der Waals surface area contributed by atoms with Crippen LogP contribution in [0.25, 0.3) is 0 Å². The topological polar surface area (TPSA) is 20.3 Å². The SMILES string of the molecule is C=CC(N(Cc1ccccc1)C(C)=O)C(C)(C)C. The zero-order valence-electron chi connectivity index (χ0n) is 11.8. The molecular weight excluding hydrogens is 222 g/mol. The molecule has 98 valence electrons. The summed E-state index contributed by atoms with van der Waals surface area (Å²) < 4.78 is 0. The lowest BCUT2D eigenvalue weighted by atomic mass is 9.85. The second-order valence-corrected chi connectivity index (χ2v) is 5.68. The lowest BCUT2D eigenvalue weighted by Gasteiger charge is -2.38. The second-order valence-electron chi connectivity index (χ2n) is 5.68. The van der Waals surface area contributed by atoms with Gasteiger partial charge in [-0.3, -0.25) is 4.79 Å². The van der Waals surface area contributed by atoms with Crippen LogP contribution in [0.1, 0.15) is 33.3 Å². The molecule has 0 fully saturated rings. The molecule has 1 aromatic carbocycles. The summed E-state index contributed by atoms with van der Waals surface area (Å²) in [4.78, 5) is 13.8. The third-order valence-corrected chi connectivity index (χ3v) is 3.05. The van der Waals surface area contributed by atoms with Crippen molar-refractivity contribution in [2.75, 3.05) is 0 Å². The van der Waals surface area contributed by atoms with Crippen LogP contribution in [0.4, 0.5) is 0 Å². The summed E-state index contributed by atoms with van der Waals surface area (Å²) in [7, 11) is 0.